The zero-order chi connectivity index (χ0) is 18.4. The second kappa shape index (κ2) is 10.1. The normalized spacial score (nSPS) is 39.1. The lowest BCUT2D eigenvalue weighted by Gasteiger charge is -2.35. The Morgan fingerprint density at radius 2 is 1.24 bits per heavy atom. The van der Waals surface area contributed by atoms with Gasteiger partial charge in [0.1, 0.15) is 0 Å². The molecule has 0 amide bonds. The van der Waals surface area contributed by atoms with E-state index >= 15 is 0 Å². The fraction of sp³-hybridized carbons (Fsp3) is 1.00. The fourth-order valence-electron chi connectivity index (χ4n) is 3.76. The van der Waals surface area contributed by atoms with E-state index in [1.54, 1.807) is 14.2 Å². The van der Waals surface area contributed by atoms with E-state index in [0.717, 1.165) is 0 Å². The highest BCUT2D eigenvalue weighted by Crippen LogP contribution is 2.26. The second-order valence-electron chi connectivity index (χ2n) is 7.32. The maximum Gasteiger partial charge on any atom is 0.160 e. The van der Waals surface area contributed by atoms with Gasteiger partial charge in [-0.15, -0.1) is 0 Å². The molecule has 0 aromatic carbocycles. The van der Waals surface area contributed by atoms with Crippen molar-refractivity contribution in [3.8, 4) is 0 Å². The van der Waals surface area contributed by atoms with Crippen LogP contribution < -0.4 is 11.5 Å². The molecule has 0 spiro atoms. The molecule has 148 valence electrons. The Morgan fingerprint density at radius 1 is 0.840 bits per heavy atom. The molecule has 2 rings (SSSR count). The van der Waals surface area contributed by atoms with Gasteiger partial charge in [0.2, 0.25) is 0 Å². The summed E-state index contributed by atoms with van der Waals surface area (Å²) in [5, 5.41) is 19.8. The number of hydrogen-bond acceptors (Lipinski definition) is 8. The summed E-state index contributed by atoms with van der Waals surface area (Å²) in [6.45, 7) is 0. The molecule has 0 saturated carbocycles. The lowest BCUT2D eigenvalue weighted by molar-refractivity contribution is -0.206. The quantitative estimate of drug-likeness (QED) is 0.469. The van der Waals surface area contributed by atoms with Gasteiger partial charge in [-0.05, 0) is 32.1 Å². The first kappa shape index (κ1) is 21.0. The van der Waals surface area contributed by atoms with Crippen LogP contribution >= 0.6 is 0 Å². The van der Waals surface area contributed by atoms with Gasteiger partial charge in [-0.3, -0.25) is 0 Å². The number of rotatable bonds is 8. The summed E-state index contributed by atoms with van der Waals surface area (Å²) < 4.78 is 21.9. The van der Waals surface area contributed by atoms with Crippen molar-refractivity contribution in [1.29, 1.82) is 0 Å². The van der Waals surface area contributed by atoms with Gasteiger partial charge >= 0.3 is 0 Å². The van der Waals surface area contributed by atoms with E-state index < -0.39 is 12.2 Å². The molecule has 8 atom stereocenters. The van der Waals surface area contributed by atoms with E-state index in [-0.39, 0.29) is 36.9 Å². The number of methoxy groups -OCH3 is 2. The van der Waals surface area contributed by atoms with Crippen LogP contribution in [0.4, 0.5) is 0 Å². The zero-order valence-electron chi connectivity index (χ0n) is 15.3. The third-order valence-corrected chi connectivity index (χ3v) is 4.95. The van der Waals surface area contributed by atoms with Crippen molar-refractivity contribution in [2.45, 2.75) is 94.0 Å². The van der Waals surface area contributed by atoms with Crippen molar-refractivity contribution < 1.29 is 29.2 Å². The highest BCUT2D eigenvalue weighted by atomic mass is 16.7. The largest absolute Gasteiger partial charge is 0.393 e. The number of aliphatic hydroxyl groups excluding tert-OH is 2. The number of ether oxygens (including phenoxy) is 4. The molecular formula is C17H34N2O6. The third kappa shape index (κ3) is 7.07. The first-order chi connectivity index (χ1) is 11.9. The van der Waals surface area contributed by atoms with Crippen molar-refractivity contribution in [1.82, 2.24) is 0 Å². The molecule has 0 radical (unpaired) electrons. The topological polar surface area (TPSA) is 129 Å². The monoisotopic (exact) mass is 362 g/mol. The molecule has 2 saturated heterocycles. The van der Waals surface area contributed by atoms with Crippen LogP contribution in [-0.4, -0.2) is 73.5 Å². The Labute approximate surface area is 149 Å². The smallest absolute Gasteiger partial charge is 0.160 e. The summed E-state index contributed by atoms with van der Waals surface area (Å²) in [6.07, 6.45) is 2.14. The van der Waals surface area contributed by atoms with E-state index in [2.05, 4.69) is 0 Å². The molecule has 25 heavy (non-hydrogen) atoms. The van der Waals surface area contributed by atoms with Crippen molar-refractivity contribution in [3.63, 3.8) is 0 Å². The molecule has 0 aliphatic carbocycles. The Morgan fingerprint density at radius 3 is 1.60 bits per heavy atom. The van der Waals surface area contributed by atoms with Crippen LogP contribution in [-0.2, 0) is 18.9 Å². The van der Waals surface area contributed by atoms with Crippen LogP contribution in [0.2, 0.25) is 0 Å². The van der Waals surface area contributed by atoms with Gasteiger partial charge in [0.25, 0.3) is 0 Å². The van der Waals surface area contributed by atoms with Crippen molar-refractivity contribution in [2.75, 3.05) is 14.2 Å². The number of hydrogen-bond donors (Lipinski definition) is 4. The Balaban J connectivity index is 1.73. The highest BCUT2D eigenvalue weighted by Gasteiger charge is 2.32. The Kier molecular flexibility index (Phi) is 8.50. The van der Waals surface area contributed by atoms with Gasteiger partial charge in [0.05, 0.1) is 24.4 Å². The first-order valence-electron chi connectivity index (χ1n) is 9.13. The van der Waals surface area contributed by atoms with Crippen LogP contribution in [0, 0.1) is 0 Å². The zero-order valence-corrected chi connectivity index (χ0v) is 15.3. The minimum Gasteiger partial charge on any atom is -0.393 e. The minimum absolute atomic E-state index is 0.124. The average molecular weight is 362 g/mol. The molecule has 0 aromatic rings. The summed E-state index contributed by atoms with van der Waals surface area (Å²) in [7, 11) is 3.14. The molecule has 0 bridgehead atoms. The Hall–Kier alpha value is -0.320. The average Bonchev–Trinajstić information content (AvgIpc) is 2.53. The first-order valence-corrected chi connectivity index (χ1v) is 9.13. The van der Waals surface area contributed by atoms with E-state index in [1.165, 1.54) is 0 Å². The highest BCUT2D eigenvalue weighted by molar-refractivity contribution is 4.82. The second-order valence-corrected chi connectivity index (χ2v) is 7.32. The van der Waals surface area contributed by atoms with Crippen molar-refractivity contribution >= 4 is 0 Å². The molecule has 2 aliphatic heterocycles. The molecule has 2 unspecified atom stereocenters. The summed E-state index contributed by atoms with van der Waals surface area (Å²) in [6, 6.07) is -0.260. The fourth-order valence-corrected chi connectivity index (χ4v) is 3.76. The molecule has 6 N–H and O–H groups in total. The molecule has 0 aromatic heterocycles. The molecule has 2 heterocycles. The van der Waals surface area contributed by atoms with Crippen LogP contribution in [0.15, 0.2) is 0 Å². The summed E-state index contributed by atoms with van der Waals surface area (Å²) in [5.74, 6) is 0. The summed E-state index contributed by atoms with van der Waals surface area (Å²) >= 11 is 0. The van der Waals surface area contributed by atoms with Crippen LogP contribution in [0.5, 0.6) is 0 Å². The third-order valence-electron chi connectivity index (χ3n) is 4.95. The molecule has 8 heteroatoms. The lowest BCUT2D eigenvalue weighted by atomic mass is 9.93. The van der Waals surface area contributed by atoms with Crippen LogP contribution in [0.25, 0.3) is 0 Å². The molecule has 2 fully saturated rings. The maximum atomic E-state index is 9.89. The molecular weight excluding hydrogens is 328 g/mol. The van der Waals surface area contributed by atoms with Crippen LogP contribution in [0.1, 0.15) is 44.9 Å². The van der Waals surface area contributed by atoms with Crippen molar-refractivity contribution in [2.24, 2.45) is 11.5 Å². The number of nitrogens with two attached hydrogens (primary N) is 2. The van der Waals surface area contributed by atoms with Gasteiger partial charge in [0, 0.05) is 39.1 Å². The van der Waals surface area contributed by atoms with E-state index in [4.69, 9.17) is 30.4 Å². The predicted octanol–water partition coefficient (Wildman–Crippen LogP) is -0.164. The summed E-state index contributed by atoms with van der Waals surface area (Å²) in [5.41, 5.74) is 12.5. The molecule has 8 nitrogen and oxygen atoms in total. The van der Waals surface area contributed by atoms with E-state index in [9.17, 15) is 10.2 Å². The van der Waals surface area contributed by atoms with Gasteiger partial charge in [-0.1, -0.05) is 0 Å². The van der Waals surface area contributed by atoms with Gasteiger partial charge in [0.15, 0.2) is 12.6 Å². The SMILES string of the molecule is COC1C[C@@H](O)C[C@H](C[C@H](N)C[C@H](N)C[C@H]2C[C@H](O)CC(OC)O2)O1. The maximum absolute atomic E-state index is 9.89. The minimum atomic E-state index is -0.423. The number of aliphatic hydroxyl groups is 2. The van der Waals surface area contributed by atoms with E-state index in [0.29, 0.717) is 44.9 Å². The van der Waals surface area contributed by atoms with Gasteiger partial charge < -0.3 is 40.6 Å². The summed E-state index contributed by atoms with van der Waals surface area (Å²) in [4.78, 5) is 0. The van der Waals surface area contributed by atoms with Crippen LogP contribution in [0.3, 0.4) is 0 Å². The lowest BCUT2D eigenvalue weighted by Crippen LogP contribution is -2.43. The van der Waals surface area contributed by atoms with Gasteiger partial charge in [-0.2, -0.15) is 0 Å². The van der Waals surface area contributed by atoms with Crippen molar-refractivity contribution in [3.05, 3.63) is 0 Å². The standard InChI is InChI=1S/C17H34N2O6/c1-22-16-8-12(20)6-14(24-16)4-10(18)3-11(19)5-15-7-13(21)9-17(23-2)25-15/h10-17,20-21H,3-9,18-19H2,1-2H3/t10-,11+,12-,13-,14-,15-,16?,17?/m0/s1. The Bertz CT molecular complexity index is 354. The van der Waals surface area contributed by atoms with E-state index in [1.807, 2.05) is 0 Å². The molecule has 2 aliphatic rings. The van der Waals surface area contributed by atoms with Gasteiger partial charge in [-0.25, -0.2) is 0 Å². The predicted molar refractivity (Wildman–Crippen MR) is 91.6 cm³/mol.